The number of likely N-dealkylation sites (tertiary alicyclic amines) is 1. The maximum absolute atomic E-state index is 3.42. The van der Waals surface area contributed by atoms with Crippen molar-refractivity contribution in [3.05, 3.63) is 35.5 Å². The quantitative estimate of drug-likeness (QED) is 0.732. The Morgan fingerprint density at radius 3 is 3.12 bits per heavy atom. The van der Waals surface area contributed by atoms with Gasteiger partial charge in [-0.2, -0.15) is 0 Å². The summed E-state index contributed by atoms with van der Waals surface area (Å²) < 4.78 is 0. The van der Waals surface area contributed by atoms with E-state index in [1.165, 1.54) is 29.4 Å². The molecule has 2 aliphatic rings. The standard InChI is InChI=1S/C15H18N2/c1-9-8-17(2)13-6-10-7-16-12-5-3-4-11(14(9)13)15(10)12/h3-5,7,9,13-14,16H,6,8H2,1-2H3. The predicted octanol–water partition coefficient (Wildman–Crippen LogP) is 2.76. The van der Waals surface area contributed by atoms with Crippen molar-refractivity contribution in [2.45, 2.75) is 25.3 Å². The van der Waals surface area contributed by atoms with Crippen LogP contribution < -0.4 is 0 Å². The minimum absolute atomic E-state index is 0.707. The summed E-state index contributed by atoms with van der Waals surface area (Å²) in [6, 6.07) is 7.45. The fraction of sp³-hybridized carbons (Fsp3) is 0.467. The molecule has 1 saturated heterocycles. The molecule has 2 nitrogen and oxygen atoms in total. The van der Waals surface area contributed by atoms with E-state index >= 15 is 0 Å². The molecule has 1 aromatic carbocycles. The molecule has 1 N–H and O–H groups in total. The normalized spacial score (nSPS) is 32.0. The van der Waals surface area contributed by atoms with Gasteiger partial charge in [-0.1, -0.05) is 19.1 Å². The fourth-order valence-corrected chi connectivity index (χ4v) is 4.10. The number of nitrogens with zero attached hydrogens (tertiary/aromatic N) is 1. The van der Waals surface area contributed by atoms with Crippen LogP contribution in [0.4, 0.5) is 0 Å². The molecule has 0 radical (unpaired) electrons. The van der Waals surface area contributed by atoms with Gasteiger partial charge in [0.15, 0.2) is 0 Å². The molecule has 2 aromatic rings. The largest absolute Gasteiger partial charge is 0.361 e. The Hall–Kier alpha value is -1.28. The van der Waals surface area contributed by atoms with Crippen molar-refractivity contribution in [2.75, 3.05) is 13.6 Å². The van der Waals surface area contributed by atoms with Crippen molar-refractivity contribution < 1.29 is 0 Å². The third-order valence-corrected chi connectivity index (χ3v) is 4.78. The highest BCUT2D eigenvalue weighted by Gasteiger charge is 2.42. The van der Waals surface area contributed by atoms with Gasteiger partial charge in [0.1, 0.15) is 0 Å². The first-order chi connectivity index (χ1) is 8.25. The topological polar surface area (TPSA) is 19.0 Å². The van der Waals surface area contributed by atoms with Crippen molar-refractivity contribution in [2.24, 2.45) is 5.92 Å². The van der Waals surface area contributed by atoms with Crippen LogP contribution in [0, 0.1) is 5.92 Å². The Morgan fingerprint density at radius 1 is 1.35 bits per heavy atom. The van der Waals surface area contributed by atoms with Gasteiger partial charge in [0.05, 0.1) is 0 Å². The van der Waals surface area contributed by atoms with E-state index < -0.39 is 0 Å². The van der Waals surface area contributed by atoms with E-state index in [-0.39, 0.29) is 0 Å². The number of hydrogen-bond donors (Lipinski definition) is 1. The summed E-state index contributed by atoms with van der Waals surface area (Å²) >= 11 is 0. The van der Waals surface area contributed by atoms with Gasteiger partial charge in [0.2, 0.25) is 0 Å². The molecule has 0 amide bonds. The van der Waals surface area contributed by atoms with Crippen molar-refractivity contribution in [1.82, 2.24) is 9.88 Å². The molecule has 0 spiro atoms. The molecule has 1 fully saturated rings. The summed E-state index contributed by atoms with van der Waals surface area (Å²) in [7, 11) is 2.28. The molecule has 1 aliphatic carbocycles. The number of H-pyrrole nitrogens is 1. The molecule has 88 valence electrons. The van der Waals surface area contributed by atoms with Crippen LogP contribution in [0.3, 0.4) is 0 Å². The zero-order valence-corrected chi connectivity index (χ0v) is 10.4. The van der Waals surface area contributed by atoms with Crippen LogP contribution in [0.15, 0.2) is 24.4 Å². The van der Waals surface area contributed by atoms with Gasteiger partial charge >= 0.3 is 0 Å². The Kier molecular flexibility index (Phi) is 1.79. The number of nitrogens with one attached hydrogen (secondary N) is 1. The molecular formula is C15H18N2. The van der Waals surface area contributed by atoms with Gasteiger partial charge in [-0.15, -0.1) is 0 Å². The molecule has 3 atom stereocenters. The third kappa shape index (κ3) is 1.14. The van der Waals surface area contributed by atoms with Crippen molar-refractivity contribution >= 4 is 10.9 Å². The second-order valence-corrected chi connectivity index (χ2v) is 5.80. The van der Waals surface area contributed by atoms with Crippen LogP contribution in [-0.2, 0) is 6.42 Å². The molecule has 1 aromatic heterocycles. The van der Waals surface area contributed by atoms with Gasteiger partial charge < -0.3 is 9.88 Å². The van der Waals surface area contributed by atoms with Crippen molar-refractivity contribution in [3.8, 4) is 0 Å². The Labute approximate surface area is 102 Å². The van der Waals surface area contributed by atoms with Crippen LogP contribution in [0.1, 0.15) is 24.0 Å². The molecule has 0 saturated carbocycles. The predicted molar refractivity (Wildman–Crippen MR) is 70.3 cm³/mol. The second-order valence-electron chi connectivity index (χ2n) is 5.80. The number of hydrogen-bond acceptors (Lipinski definition) is 1. The Bertz CT molecular complexity index is 584. The average molecular weight is 226 g/mol. The number of fused-ring (bicyclic) bond motifs is 2. The lowest BCUT2D eigenvalue weighted by molar-refractivity contribution is 0.293. The summed E-state index contributed by atoms with van der Waals surface area (Å²) in [5.74, 6) is 1.51. The molecule has 4 rings (SSSR count). The van der Waals surface area contributed by atoms with Gasteiger partial charge in [-0.3, -0.25) is 0 Å². The second kappa shape index (κ2) is 3.14. The van der Waals surface area contributed by atoms with E-state index in [2.05, 4.69) is 48.3 Å². The number of benzene rings is 1. The number of rotatable bonds is 0. The van der Waals surface area contributed by atoms with E-state index in [0.717, 1.165) is 11.8 Å². The average Bonchev–Trinajstić information content (AvgIpc) is 2.85. The molecule has 17 heavy (non-hydrogen) atoms. The third-order valence-electron chi connectivity index (χ3n) is 4.78. The number of aromatic amines is 1. The minimum atomic E-state index is 0.707. The molecule has 0 bridgehead atoms. The maximum atomic E-state index is 3.42. The van der Waals surface area contributed by atoms with Crippen LogP contribution in [0.5, 0.6) is 0 Å². The van der Waals surface area contributed by atoms with Crippen LogP contribution in [0.25, 0.3) is 10.9 Å². The lowest BCUT2D eigenvalue weighted by Crippen LogP contribution is -2.32. The van der Waals surface area contributed by atoms with Gasteiger partial charge in [0, 0.05) is 35.6 Å². The monoisotopic (exact) mass is 226 g/mol. The smallest absolute Gasteiger partial charge is 0.0459 e. The van der Waals surface area contributed by atoms with Gasteiger partial charge in [-0.25, -0.2) is 0 Å². The number of likely N-dealkylation sites (N-methyl/N-ethyl adjacent to an activating group) is 1. The molecule has 2 heterocycles. The van der Waals surface area contributed by atoms with E-state index in [1.54, 1.807) is 5.56 Å². The summed E-state index contributed by atoms with van der Waals surface area (Å²) in [6.45, 7) is 3.64. The van der Waals surface area contributed by atoms with E-state index in [0.29, 0.717) is 6.04 Å². The lowest BCUT2D eigenvalue weighted by atomic mass is 9.77. The van der Waals surface area contributed by atoms with Crippen LogP contribution >= 0.6 is 0 Å². The zero-order chi connectivity index (χ0) is 11.6. The van der Waals surface area contributed by atoms with E-state index in [9.17, 15) is 0 Å². The lowest BCUT2D eigenvalue weighted by Gasteiger charge is -2.31. The fourth-order valence-electron chi connectivity index (χ4n) is 4.10. The van der Waals surface area contributed by atoms with E-state index in [4.69, 9.17) is 0 Å². The van der Waals surface area contributed by atoms with Crippen LogP contribution in [0.2, 0.25) is 0 Å². The first-order valence-corrected chi connectivity index (χ1v) is 6.55. The van der Waals surface area contributed by atoms with Crippen LogP contribution in [-0.4, -0.2) is 29.5 Å². The Morgan fingerprint density at radius 2 is 2.24 bits per heavy atom. The highest BCUT2D eigenvalue weighted by molar-refractivity contribution is 5.88. The van der Waals surface area contributed by atoms with Crippen molar-refractivity contribution in [1.29, 1.82) is 0 Å². The molecule has 3 unspecified atom stereocenters. The SMILES string of the molecule is CC1CN(C)C2Cc3c[nH]c4cccc(c34)C12. The highest BCUT2D eigenvalue weighted by Crippen LogP contribution is 2.45. The summed E-state index contributed by atoms with van der Waals surface area (Å²) in [6.07, 6.45) is 3.42. The first kappa shape index (κ1) is 9.72. The van der Waals surface area contributed by atoms with Gasteiger partial charge in [0.25, 0.3) is 0 Å². The summed E-state index contributed by atoms with van der Waals surface area (Å²) in [4.78, 5) is 5.97. The maximum Gasteiger partial charge on any atom is 0.0459 e. The van der Waals surface area contributed by atoms with Gasteiger partial charge in [-0.05, 0) is 36.6 Å². The summed E-state index contributed by atoms with van der Waals surface area (Å²) in [5, 5.41) is 1.51. The van der Waals surface area contributed by atoms with E-state index in [1.807, 2.05) is 0 Å². The zero-order valence-electron chi connectivity index (χ0n) is 10.4. The minimum Gasteiger partial charge on any atom is -0.361 e. The molecular weight excluding hydrogens is 208 g/mol. The van der Waals surface area contributed by atoms with Crippen molar-refractivity contribution in [3.63, 3.8) is 0 Å². The molecule has 1 aliphatic heterocycles. The summed E-state index contributed by atoms with van der Waals surface area (Å²) in [5.41, 5.74) is 4.40. The number of aromatic nitrogens is 1. The molecule has 2 heteroatoms. The Balaban J connectivity index is 2.00. The highest BCUT2D eigenvalue weighted by atomic mass is 15.2. The first-order valence-electron chi connectivity index (χ1n) is 6.55.